The molecule has 108 valence electrons. The zero-order valence-electron chi connectivity index (χ0n) is 13.7. The summed E-state index contributed by atoms with van der Waals surface area (Å²) in [4.78, 5) is 0. The minimum absolute atomic E-state index is 1.18. The summed E-state index contributed by atoms with van der Waals surface area (Å²) < 4.78 is 0. The Bertz CT molecular complexity index is 985. The van der Waals surface area contributed by atoms with Crippen LogP contribution in [0.1, 0.15) is 18.4 Å². The quantitative estimate of drug-likeness (QED) is 0.185. The molecule has 0 aliphatic carbocycles. The van der Waals surface area contributed by atoms with Gasteiger partial charge in [-0.2, -0.15) is 0 Å². The first kappa shape index (κ1) is 14.8. The van der Waals surface area contributed by atoms with Crippen LogP contribution in [-0.2, 0) is 6.42 Å². The summed E-state index contributed by atoms with van der Waals surface area (Å²) in [7, 11) is 0. The Kier molecular flexibility index (Phi) is 4.13. The molecule has 0 amide bonds. The molecule has 4 rings (SSSR count). The van der Waals surface area contributed by atoms with Crippen LogP contribution in [-0.4, -0.2) is 17.7 Å². The minimum atomic E-state index is 1.18. The van der Waals surface area contributed by atoms with Gasteiger partial charge >= 0.3 is 147 Å². The van der Waals surface area contributed by atoms with Gasteiger partial charge in [-0.3, -0.25) is 0 Å². The molecule has 0 saturated heterocycles. The molecule has 0 atom stereocenters. The van der Waals surface area contributed by atoms with Gasteiger partial charge in [-0.25, -0.2) is 0 Å². The molecule has 23 heavy (non-hydrogen) atoms. The fourth-order valence-corrected chi connectivity index (χ4v) is 3.65. The van der Waals surface area contributed by atoms with Gasteiger partial charge in [0.1, 0.15) is 0 Å². The van der Waals surface area contributed by atoms with Crippen molar-refractivity contribution in [3.8, 4) is 0 Å². The molecule has 0 unspecified atom stereocenters. The van der Waals surface area contributed by atoms with Crippen LogP contribution in [0.3, 0.4) is 0 Å². The van der Waals surface area contributed by atoms with Gasteiger partial charge in [-0.05, 0) is 0 Å². The first-order valence-corrected chi connectivity index (χ1v) is 8.70. The summed E-state index contributed by atoms with van der Waals surface area (Å²) >= 11 is 2.27. The fourth-order valence-electron chi connectivity index (χ4n) is 3.65. The normalized spacial score (nSPS) is 11.6. The Morgan fingerprint density at radius 2 is 1.39 bits per heavy atom. The molecule has 0 heterocycles. The van der Waals surface area contributed by atoms with Crippen molar-refractivity contribution < 1.29 is 0 Å². The molecule has 0 radical (unpaired) electrons. The van der Waals surface area contributed by atoms with Crippen molar-refractivity contribution >= 4 is 50.0 Å². The van der Waals surface area contributed by atoms with E-state index >= 15 is 0 Å². The Hall–Kier alpha value is -1.74. The van der Waals surface area contributed by atoms with E-state index in [1.165, 1.54) is 62.2 Å². The van der Waals surface area contributed by atoms with E-state index in [1.807, 2.05) is 0 Å². The molecular formula is C22H19Li. The number of hydrogen-bond donors (Lipinski definition) is 0. The maximum atomic E-state index is 2.37. The van der Waals surface area contributed by atoms with E-state index < -0.39 is 0 Å². The SMILES string of the molecule is [Li][CH2]CCCc1cccc2ccc3cc4ccccc4cc3c12. The van der Waals surface area contributed by atoms with E-state index in [0.29, 0.717) is 0 Å². The summed E-state index contributed by atoms with van der Waals surface area (Å²) in [6.07, 6.45) is 3.76. The van der Waals surface area contributed by atoms with Gasteiger partial charge in [0.25, 0.3) is 0 Å². The summed E-state index contributed by atoms with van der Waals surface area (Å²) in [5, 5.41) is 9.48. The van der Waals surface area contributed by atoms with E-state index in [1.54, 1.807) is 0 Å². The van der Waals surface area contributed by atoms with Crippen LogP contribution in [0.25, 0.3) is 32.3 Å². The van der Waals surface area contributed by atoms with Gasteiger partial charge in [0.05, 0.1) is 0 Å². The third-order valence-corrected chi connectivity index (χ3v) is 4.86. The van der Waals surface area contributed by atoms with Gasteiger partial charge < -0.3 is 0 Å². The monoisotopic (exact) mass is 290 g/mol. The van der Waals surface area contributed by atoms with Crippen LogP contribution in [0.15, 0.2) is 66.7 Å². The van der Waals surface area contributed by atoms with Crippen LogP contribution in [0, 0.1) is 0 Å². The van der Waals surface area contributed by atoms with Gasteiger partial charge in [-0.1, -0.05) is 0 Å². The Morgan fingerprint density at radius 1 is 0.652 bits per heavy atom. The molecule has 0 N–H and O–H groups in total. The number of aryl methyl sites for hydroxylation is 1. The number of unbranched alkanes of at least 4 members (excludes halogenated alkanes) is 1. The molecule has 0 spiro atoms. The fraction of sp³-hybridized carbons (Fsp3) is 0.182. The number of fused-ring (bicyclic) bond motifs is 4. The first-order chi connectivity index (χ1) is 11.4. The maximum absolute atomic E-state index is 2.37. The number of rotatable bonds is 4. The van der Waals surface area contributed by atoms with E-state index in [0.717, 1.165) is 0 Å². The van der Waals surface area contributed by atoms with Crippen molar-refractivity contribution in [1.82, 2.24) is 0 Å². The third kappa shape index (κ3) is 2.78. The van der Waals surface area contributed by atoms with Crippen LogP contribution in [0.5, 0.6) is 0 Å². The molecule has 4 aromatic carbocycles. The second-order valence-electron chi connectivity index (χ2n) is 6.46. The molecule has 0 saturated carbocycles. The third-order valence-electron chi connectivity index (χ3n) is 4.86. The van der Waals surface area contributed by atoms with E-state index in [-0.39, 0.29) is 0 Å². The number of hydrogen-bond acceptors (Lipinski definition) is 0. The van der Waals surface area contributed by atoms with Crippen molar-refractivity contribution in [3.05, 3.63) is 72.3 Å². The second-order valence-corrected chi connectivity index (χ2v) is 6.46. The molecule has 0 fully saturated rings. The van der Waals surface area contributed by atoms with Gasteiger partial charge in [0, 0.05) is 0 Å². The molecule has 0 aliphatic heterocycles. The van der Waals surface area contributed by atoms with Gasteiger partial charge in [-0.15, -0.1) is 0 Å². The van der Waals surface area contributed by atoms with Crippen molar-refractivity contribution in [2.24, 2.45) is 0 Å². The van der Waals surface area contributed by atoms with Crippen LogP contribution < -0.4 is 0 Å². The molecule has 0 bridgehead atoms. The Balaban J connectivity index is 1.99. The molecule has 0 aromatic heterocycles. The average Bonchev–Trinajstić information content (AvgIpc) is 2.60. The van der Waals surface area contributed by atoms with Gasteiger partial charge in [0.15, 0.2) is 0 Å². The van der Waals surface area contributed by atoms with Gasteiger partial charge in [0.2, 0.25) is 0 Å². The Morgan fingerprint density at radius 3 is 2.22 bits per heavy atom. The predicted molar refractivity (Wildman–Crippen MR) is 102 cm³/mol. The van der Waals surface area contributed by atoms with Crippen LogP contribution in [0.4, 0.5) is 0 Å². The summed E-state index contributed by atoms with van der Waals surface area (Å²) in [6.45, 7) is 0. The Labute approximate surface area is 146 Å². The van der Waals surface area contributed by atoms with Crippen LogP contribution >= 0.6 is 0 Å². The number of benzene rings is 4. The van der Waals surface area contributed by atoms with E-state index in [9.17, 15) is 0 Å². The standard InChI is InChI=1S/C22H19.Li/c1-2-3-7-16-10-6-11-17-12-13-20-14-18-8-4-5-9-19(18)15-21(20)22(16)17;/h4-6,8-15H,1-3,7H2;. The zero-order valence-corrected chi connectivity index (χ0v) is 13.7. The average molecular weight is 290 g/mol. The summed E-state index contributed by atoms with van der Waals surface area (Å²) in [6, 6.07) is 24.7. The van der Waals surface area contributed by atoms with Crippen molar-refractivity contribution in [3.63, 3.8) is 0 Å². The topological polar surface area (TPSA) is 0 Å². The van der Waals surface area contributed by atoms with Crippen molar-refractivity contribution in [1.29, 1.82) is 0 Å². The molecule has 0 nitrogen and oxygen atoms in total. The van der Waals surface area contributed by atoms with Crippen molar-refractivity contribution in [2.75, 3.05) is 0 Å². The van der Waals surface area contributed by atoms with E-state index in [4.69, 9.17) is 0 Å². The second kappa shape index (κ2) is 6.40. The zero-order chi connectivity index (χ0) is 15.6. The summed E-state index contributed by atoms with van der Waals surface area (Å²) in [5.74, 6) is 0. The molecular weight excluding hydrogens is 271 g/mol. The predicted octanol–water partition coefficient (Wildman–Crippen LogP) is 6.06. The summed E-state index contributed by atoms with van der Waals surface area (Å²) in [5.41, 5.74) is 1.50. The molecule has 1 heteroatoms. The molecule has 0 aliphatic rings. The van der Waals surface area contributed by atoms with Crippen molar-refractivity contribution in [2.45, 2.75) is 24.4 Å². The molecule has 4 aromatic rings. The van der Waals surface area contributed by atoms with Crippen LogP contribution in [0.2, 0.25) is 5.09 Å². The first-order valence-electron chi connectivity index (χ1n) is 8.70. The van der Waals surface area contributed by atoms with E-state index in [2.05, 4.69) is 84.4 Å².